The Hall–Kier alpha value is -5.48. The van der Waals surface area contributed by atoms with Crippen molar-refractivity contribution >= 4 is 82.2 Å². The van der Waals surface area contributed by atoms with Crippen LogP contribution in [-0.4, -0.2) is 20.5 Å². The Balaban J connectivity index is 1.27. The summed E-state index contributed by atoms with van der Waals surface area (Å²) in [5, 5.41) is 9.96. The van der Waals surface area contributed by atoms with E-state index in [4.69, 9.17) is 0 Å². The zero-order chi connectivity index (χ0) is 42.2. The number of nitrogens with zero attached hydrogens (tertiary/aromatic N) is 2. The third-order valence-electron chi connectivity index (χ3n) is 16.5. The molecular weight excluding hydrogens is 757 g/mol. The number of benzene rings is 6. The number of aromatic nitrogens is 2. The average molecular weight is 813 g/mol. The standard InChI is InChI=1S/C58H56N2O2/c1-55(2,3)31-57-22-18-34(19-23-57)53(61)40-29-47-38(27-44(40)57)39-26-43-49-37-15-11-10-12-33(37)16-17-46(49)59(36-13-8-7-9-14-36)52(43)50-42-28-45-41(30-48(42)60(47)51(39)50)54(62)35-20-24-58(45,25-21-35)32-56(4,5)6/h7-17,26-30,34-35H,18-25,31-32H2,1-6H3. The summed E-state index contributed by atoms with van der Waals surface area (Å²) in [4.78, 5) is 29.6. The fourth-order valence-corrected chi connectivity index (χ4v) is 14.5. The van der Waals surface area contributed by atoms with E-state index in [0.29, 0.717) is 11.6 Å². The molecule has 310 valence electrons. The van der Waals surface area contributed by atoms with Gasteiger partial charge in [0, 0.05) is 61.0 Å². The Labute approximate surface area is 363 Å². The molecule has 15 rings (SSSR count). The lowest BCUT2D eigenvalue weighted by Gasteiger charge is -2.42. The molecule has 2 fully saturated rings. The average Bonchev–Trinajstić information content (AvgIpc) is 3.78. The van der Waals surface area contributed by atoms with Crippen LogP contribution in [0.2, 0.25) is 0 Å². The smallest absolute Gasteiger partial charge is 0.166 e. The zero-order valence-corrected chi connectivity index (χ0v) is 37.2. The minimum absolute atomic E-state index is 0.0300. The second-order valence-corrected chi connectivity index (χ2v) is 22.9. The van der Waals surface area contributed by atoms with Gasteiger partial charge in [0.15, 0.2) is 11.6 Å². The largest absolute Gasteiger partial charge is 0.309 e. The molecule has 0 N–H and O–H groups in total. The van der Waals surface area contributed by atoms with Gasteiger partial charge < -0.3 is 8.97 Å². The van der Waals surface area contributed by atoms with Crippen LogP contribution in [0, 0.1) is 22.7 Å². The van der Waals surface area contributed by atoms with E-state index in [9.17, 15) is 9.59 Å². The first kappa shape index (κ1) is 37.1. The van der Waals surface area contributed by atoms with Gasteiger partial charge in [0.25, 0.3) is 0 Å². The first-order chi connectivity index (χ1) is 29.7. The van der Waals surface area contributed by atoms with Crippen molar-refractivity contribution in [2.45, 2.75) is 117 Å². The van der Waals surface area contributed by atoms with E-state index in [-0.39, 0.29) is 33.5 Å². The van der Waals surface area contributed by atoms with E-state index < -0.39 is 0 Å². The van der Waals surface area contributed by atoms with Crippen molar-refractivity contribution in [1.29, 1.82) is 0 Å². The minimum Gasteiger partial charge on any atom is -0.309 e. The molecule has 6 aromatic carbocycles. The summed E-state index contributed by atoms with van der Waals surface area (Å²) in [6, 6.07) is 36.5. The molecule has 0 atom stereocenters. The SMILES string of the molecule is CC(C)(C)CC12CCC(CC1)C(=O)c1cc3c(cc12)c1cc2c4c5ccccc5ccc4n(-c4ccccc4)c2c2c4cc5c(cc4n3c12)C(=O)C1CCC5(CC(C)(C)C)CC1. The number of carbonyl (C=O) groups excluding carboxylic acids is 2. The van der Waals surface area contributed by atoms with Crippen molar-refractivity contribution in [1.82, 2.24) is 8.97 Å². The van der Waals surface area contributed by atoms with E-state index in [2.05, 4.69) is 148 Å². The molecule has 62 heavy (non-hydrogen) atoms. The normalized spacial score (nSPS) is 24.1. The van der Waals surface area contributed by atoms with Gasteiger partial charge in [-0.25, -0.2) is 0 Å². The lowest BCUT2D eigenvalue weighted by molar-refractivity contribution is 0.0864. The number of hydrogen-bond donors (Lipinski definition) is 0. The third-order valence-corrected chi connectivity index (χ3v) is 16.5. The molecule has 9 aromatic rings. The number of hydrogen-bond acceptors (Lipinski definition) is 2. The molecule has 6 aliphatic carbocycles. The van der Waals surface area contributed by atoms with Crippen LogP contribution in [0.15, 0.2) is 97.1 Å². The molecule has 3 aromatic heterocycles. The van der Waals surface area contributed by atoms with Crippen LogP contribution in [0.4, 0.5) is 0 Å². The molecule has 4 bridgehead atoms. The van der Waals surface area contributed by atoms with Crippen LogP contribution in [0.25, 0.3) is 76.4 Å². The molecule has 0 saturated heterocycles. The Bertz CT molecular complexity index is 3420. The lowest BCUT2D eigenvalue weighted by Crippen LogP contribution is -2.34. The highest BCUT2D eigenvalue weighted by Crippen LogP contribution is 2.57. The van der Waals surface area contributed by atoms with E-state index in [0.717, 1.165) is 92.1 Å². The molecule has 0 radical (unpaired) electrons. The number of rotatable bonds is 3. The predicted octanol–water partition coefficient (Wildman–Crippen LogP) is 15.2. The topological polar surface area (TPSA) is 43.5 Å². The Kier molecular flexibility index (Phi) is 7.28. The quantitative estimate of drug-likeness (QED) is 0.178. The molecule has 0 aliphatic heterocycles. The molecule has 4 heteroatoms. The summed E-state index contributed by atoms with van der Waals surface area (Å²) in [5.74, 6) is 0.835. The van der Waals surface area contributed by atoms with Gasteiger partial charge in [-0.05, 0) is 156 Å². The highest BCUT2D eigenvalue weighted by molar-refractivity contribution is 6.36. The van der Waals surface area contributed by atoms with Gasteiger partial charge in [0.2, 0.25) is 0 Å². The van der Waals surface area contributed by atoms with E-state index >= 15 is 0 Å². The number of ketones is 2. The number of carbonyl (C=O) groups is 2. The summed E-state index contributed by atoms with van der Waals surface area (Å²) < 4.78 is 5.01. The molecule has 0 unspecified atom stereocenters. The summed E-state index contributed by atoms with van der Waals surface area (Å²) in [6.45, 7) is 14.2. The summed E-state index contributed by atoms with van der Waals surface area (Å²) >= 11 is 0. The maximum Gasteiger partial charge on any atom is 0.166 e. The first-order valence-electron chi connectivity index (χ1n) is 23.6. The van der Waals surface area contributed by atoms with Crippen LogP contribution in [0.3, 0.4) is 0 Å². The number of para-hydroxylation sites is 1. The third kappa shape index (κ3) is 4.90. The number of fused-ring (bicyclic) bond motifs is 16. The van der Waals surface area contributed by atoms with Gasteiger partial charge in [-0.3, -0.25) is 9.59 Å². The van der Waals surface area contributed by atoms with Gasteiger partial charge in [0.05, 0.1) is 27.6 Å². The van der Waals surface area contributed by atoms with Crippen molar-refractivity contribution in [2.75, 3.05) is 0 Å². The van der Waals surface area contributed by atoms with Crippen molar-refractivity contribution in [3.63, 3.8) is 0 Å². The van der Waals surface area contributed by atoms with Crippen molar-refractivity contribution in [3.05, 3.63) is 119 Å². The molecule has 6 aliphatic rings. The van der Waals surface area contributed by atoms with Crippen LogP contribution in [0.5, 0.6) is 0 Å². The molecule has 3 heterocycles. The van der Waals surface area contributed by atoms with Gasteiger partial charge in [-0.1, -0.05) is 90.1 Å². The first-order valence-corrected chi connectivity index (χ1v) is 23.6. The van der Waals surface area contributed by atoms with Crippen LogP contribution >= 0.6 is 0 Å². The Morgan fingerprint density at radius 1 is 0.516 bits per heavy atom. The van der Waals surface area contributed by atoms with Crippen LogP contribution in [-0.2, 0) is 10.8 Å². The van der Waals surface area contributed by atoms with Crippen molar-refractivity contribution in [3.8, 4) is 5.69 Å². The summed E-state index contributed by atoms with van der Waals surface area (Å²) in [5.41, 5.74) is 11.5. The monoisotopic (exact) mass is 812 g/mol. The Morgan fingerprint density at radius 3 is 1.66 bits per heavy atom. The highest BCUT2D eigenvalue weighted by Gasteiger charge is 2.49. The minimum atomic E-state index is -0.0513. The van der Waals surface area contributed by atoms with Gasteiger partial charge in [0.1, 0.15) is 0 Å². The maximum atomic E-state index is 14.9. The highest BCUT2D eigenvalue weighted by atomic mass is 16.1. The van der Waals surface area contributed by atoms with Crippen LogP contribution < -0.4 is 0 Å². The summed E-state index contributed by atoms with van der Waals surface area (Å²) in [6.07, 6.45) is 10.3. The van der Waals surface area contributed by atoms with Crippen LogP contribution in [0.1, 0.15) is 138 Å². The van der Waals surface area contributed by atoms with Crippen molar-refractivity contribution < 1.29 is 9.59 Å². The predicted molar refractivity (Wildman–Crippen MR) is 257 cm³/mol. The second-order valence-electron chi connectivity index (χ2n) is 22.9. The van der Waals surface area contributed by atoms with Gasteiger partial charge in [-0.2, -0.15) is 0 Å². The molecule has 0 spiro atoms. The molecule has 0 amide bonds. The lowest BCUT2D eigenvalue weighted by atomic mass is 9.62. The second kappa shape index (κ2) is 12.2. The molecule has 4 nitrogen and oxygen atoms in total. The molecule has 2 saturated carbocycles. The zero-order valence-electron chi connectivity index (χ0n) is 37.2. The van der Waals surface area contributed by atoms with Crippen molar-refractivity contribution in [2.24, 2.45) is 22.7 Å². The Morgan fingerprint density at radius 2 is 1.06 bits per heavy atom. The maximum absolute atomic E-state index is 14.9. The fraction of sp³-hybridized carbons (Fsp3) is 0.379. The van der Waals surface area contributed by atoms with E-state index in [1.807, 2.05) is 0 Å². The van der Waals surface area contributed by atoms with Gasteiger partial charge in [-0.15, -0.1) is 0 Å². The number of Topliss-reactive ketones (excluding diaryl/α,β-unsaturated/α-hetero) is 2. The molecular formula is C58H56N2O2. The summed E-state index contributed by atoms with van der Waals surface area (Å²) in [7, 11) is 0. The van der Waals surface area contributed by atoms with E-state index in [1.54, 1.807) is 0 Å². The van der Waals surface area contributed by atoms with E-state index in [1.165, 1.54) is 70.8 Å². The van der Waals surface area contributed by atoms with Gasteiger partial charge >= 0.3 is 0 Å². The fourth-order valence-electron chi connectivity index (χ4n) is 14.5.